The van der Waals surface area contributed by atoms with Gasteiger partial charge in [0.05, 0.1) is 13.2 Å². The molecule has 2 heteroatoms. The van der Waals surface area contributed by atoms with Crippen LogP contribution in [0.2, 0.25) is 0 Å². The minimum absolute atomic E-state index is 0.250. The highest BCUT2D eigenvalue weighted by atomic mass is 16.6. The van der Waals surface area contributed by atoms with E-state index in [1.807, 2.05) is 0 Å². The molecule has 0 aromatic rings. The van der Waals surface area contributed by atoms with E-state index < -0.39 is 0 Å². The van der Waals surface area contributed by atoms with Crippen LogP contribution < -0.4 is 0 Å². The van der Waals surface area contributed by atoms with Gasteiger partial charge in [-0.05, 0) is 6.92 Å². The van der Waals surface area contributed by atoms with Gasteiger partial charge >= 0.3 is 0 Å². The van der Waals surface area contributed by atoms with Crippen LogP contribution in [0, 0.1) is 12.8 Å². The van der Waals surface area contributed by atoms with Crippen LogP contribution >= 0.6 is 0 Å². The maximum atomic E-state index is 7.57. The van der Waals surface area contributed by atoms with Gasteiger partial charge in [-0.25, -0.2) is 0 Å². The predicted octanol–water partition coefficient (Wildman–Crippen LogP) is 0.265. The molecule has 0 radical (unpaired) electrons. The molecule has 0 atom stereocenters. The van der Waals surface area contributed by atoms with E-state index in [9.17, 15) is 0 Å². The van der Waals surface area contributed by atoms with E-state index >= 15 is 0 Å². The van der Waals surface area contributed by atoms with Crippen LogP contribution in [0.25, 0.3) is 0 Å². The minimum atomic E-state index is 0.250. The van der Waals surface area contributed by atoms with Crippen LogP contribution in [0.3, 0.4) is 0 Å². The third kappa shape index (κ3) is 477. The molecule has 1 N–H and O–H groups in total. The van der Waals surface area contributed by atoms with E-state index in [1.54, 1.807) is 6.92 Å². The summed E-state index contributed by atoms with van der Waals surface area (Å²) < 4.78 is 4.50. The Bertz CT molecular complexity index is 36.3. The lowest BCUT2D eigenvalue weighted by atomic mass is 10.9. The van der Waals surface area contributed by atoms with Crippen molar-refractivity contribution < 1.29 is 9.84 Å². The van der Waals surface area contributed by atoms with Gasteiger partial charge in [0.25, 0.3) is 0 Å². The molecule has 0 amide bonds. The van der Waals surface area contributed by atoms with Crippen LogP contribution in [-0.2, 0) is 4.74 Å². The zero-order valence-corrected chi connectivity index (χ0v) is 5.13. The average Bonchev–Trinajstić information content (AvgIpc) is 2.54. The second-order valence-corrected chi connectivity index (χ2v) is 0.929. The summed E-state index contributed by atoms with van der Waals surface area (Å²) in [5, 5.41) is 7.57. The molecule has 0 aliphatic carbocycles. The van der Waals surface area contributed by atoms with Crippen LogP contribution in [0.15, 0.2) is 0 Å². The van der Waals surface area contributed by atoms with E-state index in [0.29, 0.717) is 0 Å². The highest BCUT2D eigenvalue weighted by molar-refractivity contribution is 4.47. The molecule has 1 rings (SSSR count). The zero-order valence-electron chi connectivity index (χ0n) is 5.13. The van der Waals surface area contributed by atoms with Gasteiger partial charge < -0.3 is 9.84 Å². The van der Waals surface area contributed by atoms with Gasteiger partial charge in [0.1, 0.15) is 0 Å². The largest absolute Gasteiger partial charge is 0.397 e. The van der Waals surface area contributed by atoms with Crippen molar-refractivity contribution in [3.8, 4) is 12.8 Å². The van der Waals surface area contributed by atoms with Gasteiger partial charge in [0, 0.05) is 6.61 Å². The Morgan fingerprint density at radius 2 is 1.62 bits per heavy atom. The summed E-state index contributed by atoms with van der Waals surface area (Å²) in [6.45, 7) is 3.93. The van der Waals surface area contributed by atoms with Crippen molar-refractivity contribution in [2.24, 2.45) is 0 Å². The molecule has 1 fully saturated rings. The highest BCUT2D eigenvalue weighted by Crippen LogP contribution is 1.84. The number of hydrogen-bond acceptors (Lipinski definition) is 2. The molecule has 0 aromatic carbocycles. The van der Waals surface area contributed by atoms with Gasteiger partial charge in [0.15, 0.2) is 0 Å². The molecule has 0 bridgehead atoms. The molecular formula is C6H12O2. The van der Waals surface area contributed by atoms with Crippen molar-refractivity contribution in [3.05, 3.63) is 0 Å². The fourth-order valence-electron chi connectivity index (χ4n) is 0. The standard InChI is InChI=1S/C2H4O.C2H6O.C2H2/c1-2-3-1;1-2-3;1-2/h1-2H2;3H,2H2,1H3;1-2H. The molecule has 1 aliphatic heterocycles. The molecule has 0 saturated carbocycles. The van der Waals surface area contributed by atoms with E-state index in [1.165, 1.54) is 0 Å². The van der Waals surface area contributed by atoms with Crippen molar-refractivity contribution >= 4 is 0 Å². The number of rotatable bonds is 0. The second kappa shape index (κ2) is 16.1. The van der Waals surface area contributed by atoms with Crippen molar-refractivity contribution in [3.63, 3.8) is 0 Å². The van der Waals surface area contributed by atoms with E-state index in [2.05, 4.69) is 17.6 Å². The molecule has 1 heterocycles. The summed E-state index contributed by atoms with van der Waals surface area (Å²) in [4.78, 5) is 0. The van der Waals surface area contributed by atoms with Gasteiger partial charge in [-0.2, -0.15) is 0 Å². The summed E-state index contributed by atoms with van der Waals surface area (Å²) in [7, 11) is 0. The molecule has 8 heavy (non-hydrogen) atoms. The molecule has 0 aromatic heterocycles. The molecule has 0 unspecified atom stereocenters. The summed E-state index contributed by atoms with van der Waals surface area (Å²) in [6.07, 6.45) is 8.00. The third-order valence-corrected chi connectivity index (χ3v) is 0.204. The monoisotopic (exact) mass is 116 g/mol. The van der Waals surface area contributed by atoms with Crippen molar-refractivity contribution in [2.45, 2.75) is 6.92 Å². The first-order valence-electron chi connectivity index (χ1n) is 2.43. The van der Waals surface area contributed by atoms with Crippen LogP contribution in [0.5, 0.6) is 0 Å². The number of epoxide rings is 1. The number of terminal acetylenes is 1. The van der Waals surface area contributed by atoms with E-state index in [-0.39, 0.29) is 6.61 Å². The second-order valence-electron chi connectivity index (χ2n) is 0.929. The Morgan fingerprint density at radius 3 is 1.62 bits per heavy atom. The Morgan fingerprint density at radius 1 is 1.50 bits per heavy atom. The number of aliphatic hydroxyl groups excluding tert-OH is 1. The van der Waals surface area contributed by atoms with Gasteiger partial charge in [0.2, 0.25) is 0 Å². The lowest BCUT2D eigenvalue weighted by molar-refractivity contribution is 0.318. The third-order valence-electron chi connectivity index (χ3n) is 0.204. The molecular weight excluding hydrogens is 104 g/mol. The number of hydrogen-bond donors (Lipinski definition) is 1. The Kier molecular flexibility index (Phi) is 21.0. The summed E-state index contributed by atoms with van der Waals surface area (Å²) in [5.41, 5.74) is 0. The van der Waals surface area contributed by atoms with Crippen LogP contribution in [0.4, 0.5) is 0 Å². The van der Waals surface area contributed by atoms with Gasteiger partial charge in [-0.1, -0.05) is 0 Å². The molecule has 1 aliphatic rings. The molecule has 2 nitrogen and oxygen atoms in total. The first kappa shape index (κ1) is 10.5. The Balaban J connectivity index is 0. The predicted molar refractivity (Wildman–Crippen MR) is 33.5 cm³/mol. The lowest BCUT2D eigenvalue weighted by Gasteiger charge is -1.52. The topological polar surface area (TPSA) is 32.8 Å². The smallest absolute Gasteiger partial charge is 0.0701 e. The quantitative estimate of drug-likeness (QED) is 0.364. The van der Waals surface area contributed by atoms with Crippen molar-refractivity contribution in [1.82, 2.24) is 0 Å². The van der Waals surface area contributed by atoms with Crippen LogP contribution in [-0.4, -0.2) is 24.9 Å². The van der Waals surface area contributed by atoms with Crippen molar-refractivity contribution in [1.29, 1.82) is 0 Å². The average molecular weight is 116 g/mol. The zero-order chi connectivity index (χ0) is 6.83. The van der Waals surface area contributed by atoms with Gasteiger partial charge in [-0.3, -0.25) is 0 Å². The molecule has 1 saturated heterocycles. The first-order chi connectivity index (χ1) is 3.91. The van der Waals surface area contributed by atoms with Crippen molar-refractivity contribution in [2.75, 3.05) is 19.8 Å². The summed E-state index contributed by atoms with van der Waals surface area (Å²) in [5.74, 6) is 0. The number of ether oxygens (including phenoxy) is 1. The first-order valence-corrected chi connectivity index (χ1v) is 2.43. The Hall–Kier alpha value is -0.520. The fourth-order valence-corrected chi connectivity index (χ4v) is 0. The summed E-state index contributed by atoms with van der Waals surface area (Å²) in [6, 6.07) is 0. The summed E-state index contributed by atoms with van der Waals surface area (Å²) >= 11 is 0. The number of aliphatic hydroxyl groups is 1. The van der Waals surface area contributed by atoms with Gasteiger partial charge in [-0.15, -0.1) is 12.8 Å². The normalized spacial score (nSPS) is 11.5. The Labute approximate surface area is 50.5 Å². The molecule has 48 valence electrons. The van der Waals surface area contributed by atoms with E-state index in [4.69, 9.17) is 5.11 Å². The lowest BCUT2D eigenvalue weighted by Crippen LogP contribution is -1.57. The fraction of sp³-hybridized carbons (Fsp3) is 0.667. The van der Waals surface area contributed by atoms with Crippen LogP contribution in [0.1, 0.15) is 6.92 Å². The maximum absolute atomic E-state index is 7.57. The maximum Gasteiger partial charge on any atom is 0.0701 e. The SMILES string of the molecule is C#C.C1CO1.CCO. The highest BCUT2D eigenvalue weighted by Gasteiger charge is 1.94. The molecule has 0 spiro atoms. The minimum Gasteiger partial charge on any atom is -0.397 e. The van der Waals surface area contributed by atoms with E-state index in [0.717, 1.165) is 13.2 Å².